The van der Waals surface area contributed by atoms with E-state index in [2.05, 4.69) is 14.9 Å². The van der Waals surface area contributed by atoms with Crippen LogP contribution in [0.4, 0.5) is 13.2 Å². The summed E-state index contributed by atoms with van der Waals surface area (Å²) in [5, 5.41) is 6.02. The highest BCUT2D eigenvalue weighted by molar-refractivity contribution is 6.30. The molecule has 7 rings (SSSR count). The fourth-order valence-electron chi connectivity index (χ4n) is 7.41. The highest BCUT2D eigenvalue weighted by atomic mass is 35.5. The Labute approximate surface area is 330 Å². The predicted molar refractivity (Wildman–Crippen MR) is 210 cm³/mol. The molecule has 54 heavy (non-hydrogen) atoms. The number of ether oxygens (including phenoxy) is 1. The summed E-state index contributed by atoms with van der Waals surface area (Å²) < 4.78 is 47.9. The van der Waals surface area contributed by atoms with Crippen molar-refractivity contribution in [2.24, 2.45) is 4.99 Å². The van der Waals surface area contributed by atoms with E-state index in [4.69, 9.17) is 32.9 Å². The van der Waals surface area contributed by atoms with E-state index in [0.29, 0.717) is 15.6 Å². The van der Waals surface area contributed by atoms with Crippen molar-refractivity contribution in [2.75, 3.05) is 39.3 Å². The molecule has 3 aliphatic heterocycles. The zero-order chi connectivity index (χ0) is 37.3. The maximum absolute atomic E-state index is 14.9. The summed E-state index contributed by atoms with van der Waals surface area (Å²) in [6.45, 7) is 10.5. The fourth-order valence-corrected chi connectivity index (χ4v) is 7.67. The molecule has 3 heterocycles. The second-order valence-electron chi connectivity index (χ2n) is 14.1. The van der Waals surface area contributed by atoms with Crippen LogP contribution >= 0.6 is 35.6 Å². The lowest BCUT2D eigenvalue weighted by molar-refractivity contribution is -0.137. The van der Waals surface area contributed by atoms with Crippen LogP contribution in [0.25, 0.3) is 0 Å². The Balaban J connectivity index is 0.00000497. The van der Waals surface area contributed by atoms with E-state index in [0.717, 1.165) is 74.6 Å². The van der Waals surface area contributed by atoms with E-state index in [-0.39, 0.29) is 35.5 Å². The van der Waals surface area contributed by atoms with Gasteiger partial charge in [0.05, 0.1) is 23.3 Å². The molecule has 4 aromatic carbocycles. The SMILES string of the molecule is CC(C)Oc1cc(C(F)(F)F)ccc1C1=NC(c2ccc(Cl)cc2)C(c2ccc(Cl)cc2)N1C(=O)c1ccc(CN2CCN(N3CCCC3)CC2)cc1.Cl. The fraction of sp³-hybridized carbons (Fsp3) is 0.366. The molecular weight excluding hydrogens is 758 g/mol. The molecule has 2 unspecified atom stereocenters. The largest absolute Gasteiger partial charge is 0.490 e. The number of aliphatic imine (C=N–C) groups is 1. The molecule has 2 fully saturated rings. The zero-order valence-electron chi connectivity index (χ0n) is 30.1. The lowest BCUT2D eigenvalue weighted by atomic mass is 9.93. The van der Waals surface area contributed by atoms with Gasteiger partial charge >= 0.3 is 6.18 Å². The molecule has 2 atom stereocenters. The molecule has 286 valence electrons. The second-order valence-corrected chi connectivity index (χ2v) is 15.0. The van der Waals surface area contributed by atoms with Crippen LogP contribution in [-0.2, 0) is 12.7 Å². The van der Waals surface area contributed by atoms with Gasteiger partial charge in [-0.05, 0) is 98.0 Å². The van der Waals surface area contributed by atoms with E-state index >= 15 is 0 Å². The summed E-state index contributed by atoms with van der Waals surface area (Å²) in [6, 6.07) is 24.0. The van der Waals surface area contributed by atoms with E-state index in [1.54, 1.807) is 43.0 Å². The molecule has 2 saturated heterocycles. The van der Waals surface area contributed by atoms with Gasteiger partial charge in [-0.2, -0.15) is 13.2 Å². The van der Waals surface area contributed by atoms with Gasteiger partial charge in [0, 0.05) is 61.4 Å². The van der Waals surface area contributed by atoms with Gasteiger partial charge in [0.15, 0.2) is 0 Å². The van der Waals surface area contributed by atoms with Gasteiger partial charge in [-0.25, -0.2) is 10.0 Å². The number of benzene rings is 4. The third-order valence-corrected chi connectivity index (χ3v) is 10.6. The molecule has 3 aliphatic rings. The topological polar surface area (TPSA) is 51.6 Å². The number of hydrazine groups is 1. The van der Waals surface area contributed by atoms with E-state index < -0.39 is 29.9 Å². The number of halogens is 6. The van der Waals surface area contributed by atoms with Gasteiger partial charge < -0.3 is 4.74 Å². The Hall–Kier alpha value is -3.64. The van der Waals surface area contributed by atoms with Crippen LogP contribution in [0.5, 0.6) is 5.75 Å². The smallest absolute Gasteiger partial charge is 0.416 e. The van der Waals surface area contributed by atoms with Crippen molar-refractivity contribution in [1.29, 1.82) is 0 Å². The quantitative estimate of drug-likeness (QED) is 0.169. The summed E-state index contributed by atoms with van der Waals surface area (Å²) in [7, 11) is 0. The van der Waals surface area contributed by atoms with E-state index in [1.807, 2.05) is 48.5 Å². The number of rotatable bonds is 9. The standard InChI is InChI=1S/C41H42Cl2F3N5O2.ClH/c1-27(2)53-36-25-32(41(44,45)46)13-18-35(36)39-47-37(29-9-14-33(42)15-10-29)38(30-11-16-34(43)17-12-30)51(39)40(52)31-7-5-28(6-8-31)26-48-21-23-50(24-22-48)49-19-3-4-20-49;/h5-18,25,27,37-38H,3-4,19-24,26H2,1-2H3;1H. The summed E-state index contributed by atoms with van der Waals surface area (Å²) in [6.07, 6.45) is -2.52. The molecule has 7 nitrogen and oxygen atoms in total. The average molecular weight is 801 g/mol. The molecule has 1 amide bonds. The molecule has 0 spiro atoms. The Kier molecular flexibility index (Phi) is 12.6. The molecule has 13 heteroatoms. The first-order valence-electron chi connectivity index (χ1n) is 18.1. The lowest BCUT2D eigenvalue weighted by Gasteiger charge is -2.39. The number of carbonyl (C=O) groups is 1. The molecule has 0 radical (unpaired) electrons. The molecule has 0 bridgehead atoms. The van der Waals surface area contributed by atoms with E-state index in [1.165, 1.54) is 18.9 Å². The molecule has 0 aromatic heterocycles. The summed E-state index contributed by atoms with van der Waals surface area (Å²) in [5.41, 5.74) is 2.47. The number of hydrogen-bond donors (Lipinski definition) is 0. The van der Waals surface area contributed by atoms with Gasteiger partial charge in [0.1, 0.15) is 17.6 Å². The zero-order valence-corrected chi connectivity index (χ0v) is 32.4. The lowest BCUT2D eigenvalue weighted by Crippen LogP contribution is -2.52. The van der Waals surface area contributed by atoms with Gasteiger partial charge in [0.25, 0.3) is 5.91 Å². The highest BCUT2D eigenvalue weighted by Crippen LogP contribution is 2.46. The number of hydrogen-bond acceptors (Lipinski definition) is 6. The van der Waals surface area contributed by atoms with Crippen LogP contribution in [0.3, 0.4) is 0 Å². The Morgan fingerprint density at radius 2 is 1.37 bits per heavy atom. The third-order valence-electron chi connectivity index (χ3n) is 10.1. The Morgan fingerprint density at radius 3 is 1.94 bits per heavy atom. The number of alkyl halides is 3. The van der Waals surface area contributed by atoms with Crippen molar-refractivity contribution in [3.8, 4) is 5.75 Å². The first-order chi connectivity index (χ1) is 25.4. The number of amides is 1. The first-order valence-corrected chi connectivity index (χ1v) is 18.8. The Bertz CT molecular complexity index is 1930. The number of nitrogens with zero attached hydrogens (tertiary/aromatic N) is 5. The van der Waals surface area contributed by atoms with Gasteiger partial charge in [-0.1, -0.05) is 59.6 Å². The van der Waals surface area contributed by atoms with Crippen molar-refractivity contribution < 1.29 is 22.7 Å². The van der Waals surface area contributed by atoms with Crippen LogP contribution in [0.1, 0.15) is 76.9 Å². The van der Waals surface area contributed by atoms with Crippen LogP contribution in [0.2, 0.25) is 10.0 Å². The van der Waals surface area contributed by atoms with Crippen molar-refractivity contribution >= 4 is 47.4 Å². The summed E-state index contributed by atoms with van der Waals surface area (Å²) in [4.78, 5) is 24.0. The number of carbonyl (C=O) groups excluding carboxylic acids is 1. The molecule has 0 aliphatic carbocycles. The molecule has 0 N–H and O–H groups in total. The van der Waals surface area contributed by atoms with Crippen molar-refractivity contribution in [1.82, 2.24) is 19.8 Å². The highest BCUT2D eigenvalue weighted by Gasteiger charge is 2.44. The van der Waals surface area contributed by atoms with Crippen molar-refractivity contribution in [3.05, 3.63) is 134 Å². The van der Waals surface area contributed by atoms with E-state index in [9.17, 15) is 18.0 Å². The van der Waals surface area contributed by atoms with Crippen LogP contribution < -0.4 is 4.74 Å². The van der Waals surface area contributed by atoms with Gasteiger partial charge in [-0.15, -0.1) is 12.4 Å². The minimum absolute atomic E-state index is 0. The summed E-state index contributed by atoms with van der Waals surface area (Å²) >= 11 is 12.6. The van der Waals surface area contributed by atoms with Crippen molar-refractivity contribution in [2.45, 2.75) is 57.6 Å². The third kappa shape index (κ3) is 8.91. The maximum Gasteiger partial charge on any atom is 0.416 e. The minimum atomic E-state index is -4.60. The normalized spacial score (nSPS) is 19.9. The predicted octanol–water partition coefficient (Wildman–Crippen LogP) is 9.73. The molecule has 4 aromatic rings. The minimum Gasteiger partial charge on any atom is -0.490 e. The molecule has 0 saturated carbocycles. The monoisotopic (exact) mass is 799 g/mol. The average Bonchev–Trinajstić information content (AvgIpc) is 3.82. The second kappa shape index (κ2) is 17.0. The van der Waals surface area contributed by atoms with Crippen LogP contribution in [0, 0.1) is 0 Å². The van der Waals surface area contributed by atoms with Crippen LogP contribution in [0.15, 0.2) is 96.0 Å². The number of amidine groups is 1. The van der Waals surface area contributed by atoms with Gasteiger partial charge in [-0.3, -0.25) is 19.6 Å². The molecular formula is C41H43Cl3F3N5O2. The van der Waals surface area contributed by atoms with Crippen molar-refractivity contribution in [3.63, 3.8) is 0 Å². The first kappa shape index (κ1) is 40.0. The van der Waals surface area contributed by atoms with Gasteiger partial charge in [0.2, 0.25) is 0 Å². The maximum atomic E-state index is 14.9. The number of piperazine rings is 1. The summed E-state index contributed by atoms with van der Waals surface area (Å²) in [5.74, 6) is -0.154. The van der Waals surface area contributed by atoms with Crippen LogP contribution in [-0.4, -0.2) is 76.9 Å². The Morgan fingerprint density at radius 1 is 0.796 bits per heavy atom.